The van der Waals surface area contributed by atoms with E-state index in [0.29, 0.717) is 0 Å². The van der Waals surface area contributed by atoms with E-state index in [1.54, 1.807) is 0 Å². The Morgan fingerprint density at radius 2 is 2.18 bits per heavy atom. The highest BCUT2D eigenvalue weighted by Gasteiger charge is 2.25. The van der Waals surface area contributed by atoms with Crippen LogP contribution in [0.15, 0.2) is 29.1 Å². The molecular weight excluding hydrogens is 212 g/mol. The number of nitrogens with two attached hydrogens (primary N) is 1. The average molecular weight is 229 g/mol. The van der Waals surface area contributed by atoms with Gasteiger partial charge in [-0.25, -0.2) is 0 Å². The summed E-state index contributed by atoms with van der Waals surface area (Å²) >= 11 is 0. The highest BCUT2D eigenvalue weighted by Crippen LogP contribution is 2.15. The number of quaternary nitrogens is 1. The molecule has 1 fully saturated rings. The Bertz CT molecular complexity index is 611. The molecule has 3 rings (SSSR count). The summed E-state index contributed by atoms with van der Waals surface area (Å²) in [6.07, 6.45) is 2.59. The minimum atomic E-state index is 0.0539. The molecule has 1 aliphatic rings. The average Bonchev–Trinajstić information content (AvgIpc) is 3.11. The molecule has 0 unspecified atom stereocenters. The summed E-state index contributed by atoms with van der Waals surface area (Å²) in [7, 11) is 0. The summed E-state index contributed by atoms with van der Waals surface area (Å²) < 4.78 is 0. The maximum Gasteiger partial charge on any atom is 0.257 e. The Balaban J connectivity index is 1.98. The van der Waals surface area contributed by atoms with E-state index in [2.05, 4.69) is 23.3 Å². The lowest BCUT2D eigenvalue weighted by molar-refractivity contribution is -0.684. The van der Waals surface area contributed by atoms with Crippen molar-refractivity contribution in [3.05, 3.63) is 45.7 Å². The summed E-state index contributed by atoms with van der Waals surface area (Å²) in [5.74, 6) is 0. The Kier molecular flexibility index (Phi) is 2.48. The zero-order chi connectivity index (χ0) is 11.8. The number of hydrogen-bond donors (Lipinski definition) is 2. The largest absolute Gasteiger partial charge is 0.340 e. The van der Waals surface area contributed by atoms with Crippen LogP contribution in [0.2, 0.25) is 0 Å². The number of pyridine rings is 1. The van der Waals surface area contributed by atoms with Crippen molar-refractivity contribution in [3.63, 3.8) is 0 Å². The normalized spacial score (nSPS) is 15.4. The molecule has 1 aromatic heterocycles. The molecule has 0 saturated heterocycles. The standard InChI is InChI=1S/C14H16N2O/c1-9-2-5-13-10(6-9)7-11(14(17)16-13)8-15-12-3-4-12/h2,5-7,12,15H,3-4,8H2,1H3,(H,16,17)/p+1. The maximum absolute atomic E-state index is 11.9. The predicted molar refractivity (Wildman–Crippen MR) is 68.0 cm³/mol. The summed E-state index contributed by atoms with van der Waals surface area (Å²) in [5.41, 5.74) is 3.09. The highest BCUT2D eigenvalue weighted by atomic mass is 16.1. The van der Waals surface area contributed by atoms with E-state index in [0.717, 1.165) is 29.1 Å². The summed E-state index contributed by atoms with van der Waals surface area (Å²) in [4.78, 5) is 14.8. The molecule has 0 bridgehead atoms. The van der Waals surface area contributed by atoms with E-state index in [1.807, 2.05) is 18.2 Å². The third-order valence-electron chi connectivity index (χ3n) is 3.37. The second-order valence-corrected chi connectivity index (χ2v) is 4.99. The van der Waals surface area contributed by atoms with Gasteiger partial charge in [0.15, 0.2) is 0 Å². The van der Waals surface area contributed by atoms with Gasteiger partial charge in [-0.15, -0.1) is 0 Å². The molecule has 3 nitrogen and oxygen atoms in total. The van der Waals surface area contributed by atoms with E-state index < -0.39 is 0 Å². The third kappa shape index (κ3) is 2.24. The number of rotatable bonds is 3. The quantitative estimate of drug-likeness (QED) is 0.812. The van der Waals surface area contributed by atoms with Gasteiger partial charge in [-0.1, -0.05) is 11.6 Å². The van der Waals surface area contributed by atoms with Gasteiger partial charge in [0.25, 0.3) is 5.56 Å². The number of H-pyrrole nitrogens is 1. The fourth-order valence-corrected chi connectivity index (χ4v) is 2.15. The van der Waals surface area contributed by atoms with Crippen molar-refractivity contribution in [1.29, 1.82) is 0 Å². The molecule has 0 spiro atoms. The summed E-state index contributed by atoms with van der Waals surface area (Å²) in [5, 5.41) is 3.40. The molecule has 0 atom stereocenters. The van der Waals surface area contributed by atoms with Gasteiger partial charge in [-0.2, -0.15) is 0 Å². The van der Waals surface area contributed by atoms with E-state index in [1.165, 1.54) is 18.4 Å². The van der Waals surface area contributed by atoms with E-state index in [4.69, 9.17) is 0 Å². The van der Waals surface area contributed by atoms with Crippen LogP contribution in [0.4, 0.5) is 0 Å². The Morgan fingerprint density at radius 3 is 2.94 bits per heavy atom. The van der Waals surface area contributed by atoms with Crippen LogP contribution in [0.5, 0.6) is 0 Å². The fraction of sp³-hybridized carbons (Fsp3) is 0.357. The molecule has 1 heterocycles. The molecule has 2 aromatic rings. The lowest BCUT2D eigenvalue weighted by Crippen LogP contribution is -2.84. The number of fused-ring (bicyclic) bond motifs is 1. The molecule has 3 heteroatoms. The lowest BCUT2D eigenvalue weighted by atomic mass is 10.1. The minimum Gasteiger partial charge on any atom is -0.340 e. The maximum atomic E-state index is 11.9. The van der Waals surface area contributed by atoms with Gasteiger partial charge >= 0.3 is 0 Å². The predicted octanol–water partition coefficient (Wildman–Crippen LogP) is 1.06. The number of aromatic amines is 1. The molecule has 0 aliphatic heterocycles. The molecule has 1 aromatic carbocycles. The van der Waals surface area contributed by atoms with Gasteiger partial charge in [0.05, 0.1) is 11.6 Å². The minimum absolute atomic E-state index is 0.0539. The number of benzene rings is 1. The summed E-state index contributed by atoms with van der Waals surface area (Å²) in [6, 6.07) is 8.89. The summed E-state index contributed by atoms with van der Waals surface area (Å²) in [6.45, 7) is 2.87. The van der Waals surface area contributed by atoms with Gasteiger partial charge in [0.1, 0.15) is 6.54 Å². The van der Waals surface area contributed by atoms with Gasteiger partial charge < -0.3 is 10.3 Å². The first-order valence-corrected chi connectivity index (χ1v) is 6.18. The number of nitrogens with one attached hydrogen (secondary N) is 1. The zero-order valence-electron chi connectivity index (χ0n) is 9.99. The van der Waals surface area contributed by atoms with Crippen LogP contribution in [-0.4, -0.2) is 11.0 Å². The molecule has 1 saturated carbocycles. The first kappa shape index (κ1) is 10.5. The van der Waals surface area contributed by atoms with Crippen LogP contribution in [0.3, 0.4) is 0 Å². The second kappa shape index (κ2) is 4.00. The van der Waals surface area contributed by atoms with Crippen LogP contribution < -0.4 is 10.9 Å². The van der Waals surface area contributed by atoms with Gasteiger partial charge in [-0.05, 0) is 30.5 Å². The number of aryl methyl sites for hydroxylation is 1. The van der Waals surface area contributed by atoms with Crippen molar-refractivity contribution >= 4 is 10.9 Å². The van der Waals surface area contributed by atoms with E-state index in [-0.39, 0.29) is 5.56 Å². The van der Waals surface area contributed by atoms with Crippen LogP contribution in [0, 0.1) is 6.92 Å². The van der Waals surface area contributed by atoms with Crippen molar-refractivity contribution < 1.29 is 5.32 Å². The van der Waals surface area contributed by atoms with Crippen molar-refractivity contribution in [3.8, 4) is 0 Å². The molecule has 0 radical (unpaired) electrons. The monoisotopic (exact) mass is 229 g/mol. The SMILES string of the molecule is Cc1ccc2[nH]c(=O)c(C[NH2+]C3CC3)cc2c1. The second-order valence-electron chi connectivity index (χ2n) is 4.99. The first-order valence-electron chi connectivity index (χ1n) is 6.18. The molecule has 1 aliphatic carbocycles. The third-order valence-corrected chi connectivity index (χ3v) is 3.37. The van der Waals surface area contributed by atoms with E-state index >= 15 is 0 Å². The van der Waals surface area contributed by atoms with Crippen molar-refractivity contribution in [2.75, 3.05) is 0 Å². The molecule has 17 heavy (non-hydrogen) atoms. The van der Waals surface area contributed by atoms with Crippen molar-refractivity contribution in [2.45, 2.75) is 32.4 Å². The van der Waals surface area contributed by atoms with Crippen LogP contribution in [0.1, 0.15) is 24.0 Å². The molecule has 3 N–H and O–H groups in total. The van der Waals surface area contributed by atoms with E-state index in [9.17, 15) is 4.79 Å². The Hall–Kier alpha value is -1.61. The Labute approximate surface area is 99.9 Å². The zero-order valence-corrected chi connectivity index (χ0v) is 9.99. The molecule has 0 amide bonds. The van der Waals surface area contributed by atoms with Gasteiger partial charge in [0, 0.05) is 18.4 Å². The van der Waals surface area contributed by atoms with Crippen molar-refractivity contribution in [2.24, 2.45) is 0 Å². The van der Waals surface area contributed by atoms with Crippen LogP contribution in [0.25, 0.3) is 10.9 Å². The van der Waals surface area contributed by atoms with Crippen LogP contribution >= 0.6 is 0 Å². The van der Waals surface area contributed by atoms with Gasteiger partial charge in [0.2, 0.25) is 0 Å². The fourth-order valence-electron chi connectivity index (χ4n) is 2.15. The van der Waals surface area contributed by atoms with Crippen LogP contribution in [-0.2, 0) is 6.54 Å². The number of aromatic nitrogens is 1. The van der Waals surface area contributed by atoms with Gasteiger partial charge in [-0.3, -0.25) is 4.79 Å². The van der Waals surface area contributed by atoms with Crippen molar-refractivity contribution in [1.82, 2.24) is 4.98 Å². The highest BCUT2D eigenvalue weighted by molar-refractivity contribution is 5.79. The Morgan fingerprint density at radius 1 is 1.35 bits per heavy atom. The number of hydrogen-bond acceptors (Lipinski definition) is 1. The molecular formula is C14H17N2O+. The molecule has 88 valence electrons. The first-order chi connectivity index (χ1) is 8.22. The topological polar surface area (TPSA) is 49.5 Å². The smallest absolute Gasteiger partial charge is 0.257 e. The lowest BCUT2D eigenvalue weighted by Gasteiger charge is -2.03.